The minimum absolute atomic E-state index is 0.167. The minimum Gasteiger partial charge on any atom is -0.560 e. The molecule has 13 nitrogen and oxygen atoms in total. The highest BCUT2D eigenvalue weighted by molar-refractivity contribution is 5.96. The van der Waals surface area contributed by atoms with Crippen molar-refractivity contribution in [1.82, 2.24) is 14.8 Å². The number of ether oxygens (including phenoxy) is 6. The first-order valence-corrected chi connectivity index (χ1v) is 17.4. The van der Waals surface area contributed by atoms with Crippen LogP contribution in [0.1, 0.15) is 27.0 Å². The van der Waals surface area contributed by atoms with Gasteiger partial charge in [0.05, 0.1) is 49.2 Å². The van der Waals surface area contributed by atoms with Crippen LogP contribution in [0.25, 0.3) is 16.8 Å². The van der Waals surface area contributed by atoms with Crippen molar-refractivity contribution < 1.29 is 37.9 Å². The first-order chi connectivity index (χ1) is 26.9. The van der Waals surface area contributed by atoms with Crippen LogP contribution in [0.4, 0.5) is 5.95 Å². The molecule has 1 N–H and O–H groups in total. The SMILES string of the molecule is COc1cc(C(=O)N(Cc2ccccc2)Nc2nn(Cc3ccccc3)c(-c3cc(OC)c(OC)c(OC)c3)[n+]2[N-]Cc2ccccc2)cc(OC)c1OC. The second-order valence-electron chi connectivity index (χ2n) is 12.2. The highest BCUT2D eigenvalue weighted by atomic mass is 16.5. The second-order valence-corrected chi connectivity index (χ2v) is 12.2. The lowest BCUT2D eigenvalue weighted by atomic mass is 10.1. The summed E-state index contributed by atoms with van der Waals surface area (Å²) in [4.78, 5) is 14.7. The van der Waals surface area contributed by atoms with Crippen LogP contribution in [0, 0.1) is 0 Å². The minimum atomic E-state index is -0.385. The van der Waals surface area contributed by atoms with E-state index in [4.69, 9.17) is 38.9 Å². The summed E-state index contributed by atoms with van der Waals surface area (Å²) in [5.74, 6) is 2.88. The van der Waals surface area contributed by atoms with Crippen molar-refractivity contribution in [3.63, 3.8) is 0 Å². The Kier molecular flexibility index (Phi) is 12.2. The van der Waals surface area contributed by atoms with E-state index in [0.717, 1.165) is 16.7 Å². The van der Waals surface area contributed by atoms with Gasteiger partial charge < -0.3 is 33.8 Å². The fourth-order valence-electron chi connectivity index (χ4n) is 6.11. The number of carbonyl (C=O) groups excluding carboxylic acids is 1. The van der Waals surface area contributed by atoms with Crippen LogP contribution in [-0.4, -0.2) is 63.4 Å². The zero-order valence-electron chi connectivity index (χ0n) is 31.7. The van der Waals surface area contributed by atoms with E-state index in [1.54, 1.807) is 38.1 Å². The molecule has 13 heteroatoms. The number of hydrazine groups is 1. The summed E-state index contributed by atoms with van der Waals surface area (Å²) >= 11 is 0. The molecule has 284 valence electrons. The molecule has 5 aromatic carbocycles. The fraction of sp³-hybridized carbons (Fsp3) is 0.214. The number of benzene rings is 5. The Hall–Kier alpha value is -6.89. The molecule has 55 heavy (non-hydrogen) atoms. The van der Waals surface area contributed by atoms with Crippen LogP contribution in [0.5, 0.6) is 34.5 Å². The topological polar surface area (TPSA) is 124 Å². The van der Waals surface area contributed by atoms with Gasteiger partial charge >= 0.3 is 5.95 Å². The summed E-state index contributed by atoms with van der Waals surface area (Å²) in [5.41, 5.74) is 12.3. The summed E-state index contributed by atoms with van der Waals surface area (Å²) in [6.07, 6.45) is 0. The number of amides is 1. The van der Waals surface area contributed by atoms with Crippen molar-refractivity contribution in [3.05, 3.63) is 143 Å². The molecule has 1 amide bonds. The number of methoxy groups -OCH3 is 6. The van der Waals surface area contributed by atoms with Crippen LogP contribution in [0.2, 0.25) is 0 Å². The molecule has 0 atom stereocenters. The number of anilines is 1. The predicted molar refractivity (Wildman–Crippen MR) is 208 cm³/mol. The molecule has 0 radical (unpaired) electrons. The Bertz CT molecular complexity index is 2150. The molecule has 0 bridgehead atoms. The molecular formula is C42H44N6O7. The van der Waals surface area contributed by atoms with Gasteiger partial charge in [0, 0.05) is 16.2 Å². The Morgan fingerprint density at radius 2 is 1.13 bits per heavy atom. The zero-order valence-corrected chi connectivity index (χ0v) is 31.7. The van der Waals surface area contributed by atoms with Gasteiger partial charge in [-0.05, 0) is 35.4 Å². The third-order valence-corrected chi connectivity index (χ3v) is 8.77. The van der Waals surface area contributed by atoms with Crippen LogP contribution in [-0.2, 0) is 19.6 Å². The molecule has 0 aliphatic heterocycles. The van der Waals surface area contributed by atoms with Crippen LogP contribution >= 0.6 is 0 Å². The lowest BCUT2D eigenvalue weighted by molar-refractivity contribution is -0.601. The fourth-order valence-corrected chi connectivity index (χ4v) is 6.11. The highest BCUT2D eigenvalue weighted by Crippen LogP contribution is 2.41. The normalized spacial score (nSPS) is 10.7. The van der Waals surface area contributed by atoms with Gasteiger partial charge in [-0.2, -0.15) is 5.43 Å². The molecule has 6 rings (SSSR count). The number of hydrogen-bond donors (Lipinski definition) is 1. The van der Waals surface area contributed by atoms with E-state index in [0.29, 0.717) is 64.5 Å². The number of rotatable bonds is 17. The predicted octanol–water partition coefficient (Wildman–Crippen LogP) is 6.94. The van der Waals surface area contributed by atoms with Gasteiger partial charge in [-0.1, -0.05) is 103 Å². The van der Waals surface area contributed by atoms with E-state index < -0.39 is 0 Å². The van der Waals surface area contributed by atoms with E-state index >= 15 is 0 Å². The number of nitrogens with one attached hydrogen (secondary N) is 1. The smallest absolute Gasteiger partial charge is 0.387 e. The quantitative estimate of drug-likeness (QED) is 0.0782. The average molecular weight is 745 g/mol. The zero-order chi connectivity index (χ0) is 38.7. The Balaban J connectivity index is 1.55. The van der Waals surface area contributed by atoms with Gasteiger partial charge in [-0.25, -0.2) is 5.01 Å². The maximum Gasteiger partial charge on any atom is 0.387 e. The molecule has 0 aliphatic carbocycles. The lowest BCUT2D eigenvalue weighted by Gasteiger charge is -2.26. The Morgan fingerprint density at radius 3 is 1.62 bits per heavy atom. The second kappa shape index (κ2) is 17.8. The van der Waals surface area contributed by atoms with E-state index in [1.165, 1.54) is 26.3 Å². The Labute approximate surface area is 320 Å². The summed E-state index contributed by atoms with van der Waals surface area (Å²) in [5, 5.41) is 6.58. The Morgan fingerprint density at radius 1 is 0.655 bits per heavy atom. The molecule has 1 heterocycles. The molecule has 1 aromatic heterocycles. The maximum atomic E-state index is 14.7. The summed E-state index contributed by atoms with van der Waals surface area (Å²) in [7, 11) is 9.22. The summed E-state index contributed by atoms with van der Waals surface area (Å²) in [6.45, 7) is 0.836. The number of nitrogens with zero attached hydrogens (tertiary/aromatic N) is 5. The molecular weight excluding hydrogens is 700 g/mol. The lowest BCUT2D eigenvalue weighted by Crippen LogP contribution is -2.42. The van der Waals surface area contributed by atoms with E-state index in [1.807, 2.05) is 108 Å². The van der Waals surface area contributed by atoms with Gasteiger partial charge in [0.1, 0.15) is 6.54 Å². The third-order valence-electron chi connectivity index (χ3n) is 8.77. The van der Waals surface area contributed by atoms with Crippen molar-refractivity contribution in [3.8, 4) is 45.9 Å². The molecule has 0 spiro atoms. The molecule has 0 saturated carbocycles. The van der Waals surface area contributed by atoms with Crippen molar-refractivity contribution in [2.75, 3.05) is 48.1 Å². The third kappa shape index (κ3) is 8.51. The maximum absolute atomic E-state index is 14.7. The van der Waals surface area contributed by atoms with E-state index in [-0.39, 0.29) is 18.4 Å². The van der Waals surface area contributed by atoms with Crippen LogP contribution < -0.4 is 38.5 Å². The molecule has 0 fully saturated rings. The van der Waals surface area contributed by atoms with E-state index in [9.17, 15) is 4.79 Å². The van der Waals surface area contributed by atoms with Gasteiger partial charge in [-0.3, -0.25) is 9.47 Å². The summed E-state index contributed by atoms with van der Waals surface area (Å²) < 4.78 is 37.5. The van der Waals surface area contributed by atoms with Crippen molar-refractivity contribution in [1.29, 1.82) is 0 Å². The van der Waals surface area contributed by atoms with Crippen LogP contribution in [0.15, 0.2) is 115 Å². The number of carbonyl (C=O) groups is 1. The van der Waals surface area contributed by atoms with Gasteiger partial charge in [-0.15, -0.1) is 4.68 Å². The first kappa shape index (κ1) is 37.9. The monoisotopic (exact) mass is 744 g/mol. The van der Waals surface area contributed by atoms with E-state index in [2.05, 4.69) is 5.43 Å². The molecule has 6 aromatic rings. The van der Waals surface area contributed by atoms with Gasteiger partial charge in [0.25, 0.3) is 5.91 Å². The number of aromatic nitrogens is 3. The van der Waals surface area contributed by atoms with Crippen molar-refractivity contribution in [2.45, 2.75) is 19.6 Å². The van der Waals surface area contributed by atoms with Gasteiger partial charge in [0.2, 0.25) is 17.3 Å². The largest absolute Gasteiger partial charge is 0.560 e. The molecule has 0 saturated heterocycles. The standard InChI is InChI=1S/C42H44N6O7/c1-50-34-22-32(23-35(51-2)38(34)54-5)40-46(27-30-18-12-8-13-19-30)44-42(48(40)43-26-29-16-10-7-11-17-29)45-47(28-31-20-14-9-15-21-31)41(49)33-24-36(52-3)39(55-6)37(25-33)53-4/h7-25H,26-28H2,1-6H3,(H,44,45). The first-order valence-electron chi connectivity index (χ1n) is 17.4. The summed E-state index contributed by atoms with van der Waals surface area (Å²) in [6, 6.07) is 36.4. The van der Waals surface area contributed by atoms with Crippen LogP contribution in [0.3, 0.4) is 0 Å². The average Bonchev–Trinajstić information content (AvgIpc) is 3.57. The van der Waals surface area contributed by atoms with Gasteiger partial charge in [0.15, 0.2) is 23.0 Å². The van der Waals surface area contributed by atoms with Crippen molar-refractivity contribution >= 4 is 11.9 Å². The highest BCUT2D eigenvalue weighted by Gasteiger charge is 2.30. The molecule has 0 unspecified atom stereocenters. The number of hydrogen-bond acceptors (Lipinski definition) is 9. The van der Waals surface area contributed by atoms with Crippen molar-refractivity contribution in [2.24, 2.45) is 0 Å². The molecule has 0 aliphatic rings.